The predicted molar refractivity (Wildman–Crippen MR) is 71.8 cm³/mol. The Hall–Kier alpha value is -1.40. The van der Waals surface area contributed by atoms with Crippen LogP contribution in [0.3, 0.4) is 0 Å². The van der Waals surface area contributed by atoms with Gasteiger partial charge in [0.2, 0.25) is 0 Å². The summed E-state index contributed by atoms with van der Waals surface area (Å²) in [6.07, 6.45) is 3.76. The number of hydrogen-bond acceptors (Lipinski definition) is 4. The van der Waals surface area contributed by atoms with E-state index in [9.17, 15) is 9.90 Å². The minimum Gasteiger partial charge on any atom is -0.480 e. The van der Waals surface area contributed by atoms with E-state index in [1.165, 1.54) is 0 Å². The predicted octanol–water partition coefficient (Wildman–Crippen LogP) is 0.540. The minimum atomic E-state index is -0.928. The van der Waals surface area contributed by atoms with E-state index in [1.54, 1.807) is 13.1 Å². The molecule has 1 aromatic heterocycles. The molecule has 0 fully saturated rings. The van der Waals surface area contributed by atoms with Crippen molar-refractivity contribution in [1.29, 1.82) is 0 Å². The second-order valence-electron chi connectivity index (χ2n) is 5.68. The molecule has 1 aliphatic rings. The van der Waals surface area contributed by atoms with E-state index < -0.39 is 11.5 Å². The number of carboxylic acids is 1. The van der Waals surface area contributed by atoms with Crippen LogP contribution in [-0.4, -0.2) is 50.2 Å². The van der Waals surface area contributed by atoms with Crippen molar-refractivity contribution in [2.24, 2.45) is 0 Å². The first-order chi connectivity index (χ1) is 8.90. The summed E-state index contributed by atoms with van der Waals surface area (Å²) in [6, 6.07) is 0.132. The molecule has 0 bridgehead atoms. The molecule has 2 N–H and O–H groups in total. The Morgan fingerprint density at radius 1 is 1.58 bits per heavy atom. The smallest absolute Gasteiger partial charge is 0.324 e. The number of aliphatic carboxylic acids is 1. The van der Waals surface area contributed by atoms with Crippen molar-refractivity contribution < 1.29 is 9.90 Å². The molecule has 1 atom stereocenters. The molecule has 0 spiro atoms. The number of nitrogens with zero attached hydrogens (tertiary/aromatic N) is 3. The Morgan fingerprint density at radius 2 is 2.32 bits per heavy atom. The van der Waals surface area contributed by atoms with Crippen molar-refractivity contribution >= 4 is 5.97 Å². The third kappa shape index (κ3) is 3.13. The Morgan fingerprint density at radius 3 is 2.95 bits per heavy atom. The fourth-order valence-corrected chi connectivity index (χ4v) is 2.62. The Bertz CT molecular complexity index is 457. The highest BCUT2D eigenvalue weighted by Crippen LogP contribution is 2.15. The first kappa shape index (κ1) is 14.0. The highest BCUT2D eigenvalue weighted by molar-refractivity contribution is 5.78. The van der Waals surface area contributed by atoms with Crippen molar-refractivity contribution in [2.45, 2.75) is 45.4 Å². The number of nitrogens with one attached hydrogen (secondary N) is 1. The molecule has 0 aliphatic carbocycles. The maximum Gasteiger partial charge on any atom is 0.324 e. The molecule has 0 aromatic carbocycles. The lowest BCUT2D eigenvalue weighted by Crippen LogP contribution is -2.59. The summed E-state index contributed by atoms with van der Waals surface area (Å²) in [6.45, 7) is 8.58. The van der Waals surface area contributed by atoms with Crippen molar-refractivity contribution in [2.75, 3.05) is 13.1 Å². The Balaban J connectivity index is 2.05. The summed E-state index contributed by atoms with van der Waals surface area (Å²) in [5, 5.41) is 12.6. The lowest BCUT2D eigenvalue weighted by atomic mass is 10.00. The normalized spacial score (nSPS) is 19.2. The first-order valence-electron chi connectivity index (χ1n) is 6.64. The molecule has 106 valence electrons. The summed E-state index contributed by atoms with van der Waals surface area (Å²) in [4.78, 5) is 18.0. The number of imidazole rings is 1. The van der Waals surface area contributed by atoms with Crippen molar-refractivity contribution in [3.05, 3.63) is 18.2 Å². The molecule has 1 aromatic rings. The fourth-order valence-electron chi connectivity index (χ4n) is 2.62. The van der Waals surface area contributed by atoms with Gasteiger partial charge in [0, 0.05) is 38.1 Å². The molecule has 1 aliphatic heterocycles. The molecule has 19 heavy (non-hydrogen) atoms. The zero-order valence-electron chi connectivity index (χ0n) is 11.8. The van der Waals surface area contributed by atoms with Crippen LogP contribution in [-0.2, 0) is 17.9 Å². The van der Waals surface area contributed by atoms with E-state index in [-0.39, 0.29) is 6.04 Å². The number of aromatic nitrogens is 2. The van der Waals surface area contributed by atoms with Crippen LogP contribution in [0.1, 0.15) is 26.6 Å². The average molecular weight is 266 g/mol. The summed E-state index contributed by atoms with van der Waals surface area (Å²) in [7, 11) is 0. The summed E-state index contributed by atoms with van der Waals surface area (Å²) >= 11 is 0. The molecule has 6 nitrogen and oxygen atoms in total. The third-order valence-electron chi connectivity index (χ3n) is 3.44. The molecule has 0 amide bonds. The highest BCUT2D eigenvalue weighted by atomic mass is 16.4. The number of fused-ring (bicyclic) bond motifs is 1. The van der Waals surface area contributed by atoms with E-state index >= 15 is 0 Å². The van der Waals surface area contributed by atoms with Crippen LogP contribution in [0.15, 0.2) is 12.4 Å². The lowest BCUT2D eigenvalue weighted by Gasteiger charge is -2.36. The van der Waals surface area contributed by atoms with Gasteiger partial charge in [-0.25, -0.2) is 4.98 Å². The maximum atomic E-state index is 11.5. The number of rotatable bonds is 5. The Kier molecular flexibility index (Phi) is 3.91. The molecule has 2 heterocycles. The van der Waals surface area contributed by atoms with Crippen LogP contribution >= 0.6 is 0 Å². The molecule has 0 saturated carbocycles. The second-order valence-corrected chi connectivity index (χ2v) is 5.68. The van der Waals surface area contributed by atoms with E-state index in [0.717, 1.165) is 18.9 Å². The molecule has 1 unspecified atom stereocenters. The fraction of sp³-hybridized carbons (Fsp3) is 0.692. The largest absolute Gasteiger partial charge is 0.480 e. The number of hydrogen-bond donors (Lipinski definition) is 2. The van der Waals surface area contributed by atoms with E-state index in [2.05, 4.69) is 19.8 Å². The van der Waals surface area contributed by atoms with Crippen LogP contribution in [0, 0.1) is 0 Å². The van der Waals surface area contributed by atoms with Gasteiger partial charge in [0.05, 0.1) is 6.54 Å². The van der Waals surface area contributed by atoms with Gasteiger partial charge in [-0.15, -0.1) is 0 Å². The zero-order chi connectivity index (χ0) is 14.0. The van der Waals surface area contributed by atoms with Gasteiger partial charge < -0.3 is 9.67 Å². The molecular weight excluding hydrogens is 244 g/mol. The quantitative estimate of drug-likeness (QED) is 0.814. The maximum absolute atomic E-state index is 11.5. The van der Waals surface area contributed by atoms with Gasteiger partial charge in [-0.05, 0) is 20.8 Å². The van der Waals surface area contributed by atoms with Crippen molar-refractivity contribution in [3.8, 4) is 0 Å². The van der Waals surface area contributed by atoms with Gasteiger partial charge in [0.25, 0.3) is 0 Å². The summed E-state index contributed by atoms with van der Waals surface area (Å²) in [5.41, 5.74) is -0.928. The van der Waals surface area contributed by atoms with Crippen LogP contribution < -0.4 is 5.32 Å². The molecular formula is C13H22N4O2. The van der Waals surface area contributed by atoms with Crippen LogP contribution in [0.2, 0.25) is 0 Å². The van der Waals surface area contributed by atoms with Gasteiger partial charge in [0.15, 0.2) is 0 Å². The minimum absolute atomic E-state index is 0.132. The van der Waals surface area contributed by atoms with Crippen molar-refractivity contribution in [1.82, 2.24) is 19.8 Å². The van der Waals surface area contributed by atoms with Gasteiger partial charge >= 0.3 is 5.97 Å². The molecule has 0 radical (unpaired) electrons. The highest BCUT2D eigenvalue weighted by Gasteiger charge is 2.36. The van der Waals surface area contributed by atoms with Crippen LogP contribution in [0.4, 0.5) is 0 Å². The standard InChI is InChI=1S/C13H22N4O2/c1-10(2)15-13(3,12(18)19)9-16-6-7-17-5-4-14-11(17)8-16/h4-5,10,15H,6-9H2,1-3H3,(H,18,19). The van der Waals surface area contributed by atoms with E-state index in [4.69, 9.17) is 0 Å². The number of carboxylic acid groups (broad SMARTS) is 1. The topological polar surface area (TPSA) is 70.4 Å². The SMILES string of the molecule is CC(C)NC(C)(CN1CCn2ccnc2C1)C(=O)O. The molecule has 2 rings (SSSR count). The molecule has 0 saturated heterocycles. The lowest BCUT2D eigenvalue weighted by molar-refractivity contribution is -0.145. The third-order valence-corrected chi connectivity index (χ3v) is 3.44. The van der Waals surface area contributed by atoms with Gasteiger partial charge in [0.1, 0.15) is 11.4 Å². The summed E-state index contributed by atoms with van der Waals surface area (Å²) in [5.74, 6) is 0.193. The zero-order valence-corrected chi connectivity index (χ0v) is 11.8. The number of carbonyl (C=O) groups is 1. The van der Waals surface area contributed by atoms with Crippen LogP contribution in [0.25, 0.3) is 0 Å². The first-order valence-corrected chi connectivity index (χ1v) is 6.64. The second kappa shape index (κ2) is 5.30. The van der Waals surface area contributed by atoms with E-state index in [1.807, 2.05) is 20.0 Å². The summed E-state index contributed by atoms with van der Waals surface area (Å²) < 4.78 is 2.12. The van der Waals surface area contributed by atoms with Crippen molar-refractivity contribution in [3.63, 3.8) is 0 Å². The van der Waals surface area contributed by atoms with Gasteiger partial charge in [-0.2, -0.15) is 0 Å². The monoisotopic (exact) mass is 266 g/mol. The molecule has 6 heteroatoms. The van der Waals surface area contributed by atoms with Gasteiger partial charge in [-0.3, -0.25) is 15.0 Å². The Labute approximate surface area is 113 Å². The van der Waals surface area contributed by atoms with Gasteiger partial charge in [-0.1, -0.05) is 0 Å². The van der Waals surface area contributed by atoms with Crippen LogP contribution in [0.5, 0.6) is 0 Å². The average Bonchev–Trinajstić information content (AvgIpc) is 2.74. The van der Waals surface area contributed by atoms with E-state index in [0.29, 0.717) is 13.1 Å².